The molecule has 3 aromatic carbocycles. The quantitative estimate of drug-likeness (QED) is 0.385. The number of methoxy groups -OCH3 is 1. The highest BCUT2D eigenvalue weighted by molar-refractivity contribution is 9.10. The predicted octanol–water partition coefficient (Wildman–Crippen LogP) is 4.64. The molecule has 1 aliphatic carbocycles. The molecule has 0 aromatic heterocycles. The van der Waals surface area contributed by atoms with E-state index < -0.39 is 24.1 Å². The summed E-state index contributed by atoms with van der Waals surface area (Å²) in [6.45, 7) is 0.0217. The molecule has 0 saturated carbocycles. The van der Waals surface area contributed by atoms with Crippen molar-refractivity contribution < 1.29 is 29.0 Å². The Labute approximate surface area is 210 Å². The minimum atomic E-state index is -1.12. The Hall–Kier alpha value is -3.69. The highest BCUT2D eigenvalue weighted by atomic mass is 79.9. The molecule has 3 N–H and O–H groups in total. The van der Waals surface area contributed by atoms with E-state index in [1.165, 1.54) is 25.3 Å². The average Bonchev–Trinajstić information content (AvgIpc) is 3.18. The van der Waals surface area contributed by atoms with Gasteiger partial charge in [0.25, 0.3) is 5.91 Å². The van der Waals surface area contributed by atoms with E-state index in [4.69, 9.17) is 14.6 Å². The number of nitrogens with one attached hydrogen (secondary N) is 2. The lowest BCUT2D eigenvalue weighted by Gasteiger charge is -2.18. The molecule has 0 saturated heterocycles. The number of rotatable bonds is 8. The first kappa shape index (κ1) is 24.4. The molecule has 2 amide bonds. The molecule has 0 bridgehead atoms. The molecule has 9 heteroatoms. The monoisotopic (exact) mass is 538 g/mol. The first-order valence-electron chi connectivity index (χ1n) is 10.8. The molecule has 0 radical (unpaired) electrons. The van der Waals surface area contributed by atoms with Crippen LogP contribution in [0.25, 0.3) is 11.1 Å². The van der Waals surface area contributed by atoms with Crippen LogP contribution < -0.4 is 10.6 Å². The van der Waals surface area contributed by atoms with Crippen LogP contribution in [-0.2, 0) is 14.3 Å². The number of carbonyl (C=O) groups is 3. The minimum absolute atomic E-state index is 0.0224. The molecule has 1 atom stereocenters. The Morgan fingerprint density at radius 1 is 1.00 bits per heavy atom. The van der Waals surface area contributed by atoms with Crippen LogP contribution in [-0.4, -0.2) is 49.4 Å². The standard InChI is InChI=1S/C26H23BrN2O6/c1-34-23(24(30)29-22-12-15(25(31)32)10-11-21(22)27)13-28-26(33)35-14-20-18-8-4-2-6-16(18)17-7-3-5-9-19(17)20/h2-12,20,23H,13-14H2,1H3,(H,28,33)(H,29,30)(H,31,32). The zero-order chi connectivity index (χ0) is 24.9. The Balaban J connectivity index is 1.34. The first-order chi connectivity index (χ1) is 16.9. The molecule has 3 aromatic rings. The van der Waals surface area contributed by atoms with E-state index in [0.29, 0.717) is 4.47 Å². The third-order valence-electron chi connectivity index (χ3n) is 5.82. The van der Waals surface area contributed by atoms with Gasteiger partial charge >= 0.3 is 12.1 Å². The molecule has 180 valence electrons. The fourth-order valence-corrected chi connectivity index (χ4v) is 4.42. The summed E-state index contributed by atoms with van der Waals surface area (Å²) in [5, 5.41) is 14.3. The molecule has 0 aliphatic heterocycles. The number of amides is 2. The fourth-order valence-electron chi connectivity index (χ4n) is 4.08. The maximum atomic E-state index is 12.6. The van der Waals surface area contributed by atoms with Crippen LogP contribution in [0.15, 0.2) is 71.2 Å². The number of alkyl carbamates (subject to hydrolysis) is 1. The van der Waals surface area contributed by atoms with E-state index in [-0.39, 0.29) is 30.3 Å². The number of benzene rings is 3. The number of halogens is 1. The SMILES string of the molecule is COC(CNC(=O)OCC1c2ccccc2-c2ccccc21)C(=O)Nc1cc(C(=O)O)ccc1Br. The van der Waals surface area contributed by atoms with Gasteiger partial charge in [-0.3, -0.25) is 4.79 Å². The zero-order valence-corrected chi connectivity index (χ0v) is 20.4. The molecule has 35 heavy (non-hydrogen) atoms. The Morgan fingerprint density at radius 3 is 2.23 bits per heavy atom. The van der Waals surface area contributed by atoms with Crippen molar-refractivity contribution in [1.29, 1.82) is 0 Å². The van der Waals surface area contributed by atoms with Gasteiger partial charge in [0.2, 0.25) is 0 Å². The maximum absolute atomic E-state index is 12.6. The van der Waals surface area contributed by atoms with Crippen molar-refractivity contribution in [3.05, 3.63) is 87.9 Å². The van der Waals surface area contributed by atoms with Crippen LogP contribution in [0.4, 0.5) is 10.5 Å². The van der Waals surface area contributed by atoms with E-state index in [1.807, 2.05) is 36.4 Å². The van der Waals surface area contributed by atoms with Crippen molar-refractivity contribution >= 4 is 39.6 Å². The van der Waals surface area contributed by atoms with Gasteiger partial charge in [0.05, 0.1) is 17.8 Å². The largest absolute Gasteiger partial charge is 0.478 e. The van der Waals surface area contributed by atoms with Gasteiger partial charge in [0.15, 0.2) is 6.10 Å². The molecule has 1 unspecified atom stereocenters. The number of carbonyl (C=O) groups excluding carboxylic acids is 2. The number of carboxylic acids is 1. The third-order valence-corrected chi connectivity index (χ3v) is 6.52. The van der Waals surface area contributed by atoms with Gasteiger partial charge in [-0.2, -0.15) is 0 Å². The second-order valence-corrected chi connectivity index (χ2v) is 8.77. The number of fused-ring (bicyclic) bond motifs is 3. The van der Waals surface area contributed by atoms with E-state index >= 15 is 0 Å². The van der Waals surface area contributed by atoms with E-state index in [2.05, 4.69) is 38.7 Å². The second-order valence-electron chi connectivity index (χ2n) is 7.92. The van der Waals surface area contributed by atoms with Crippen molar-refractivity contribution in [1.82, 2.24) is 5.32 Å². The Kier molecular flexibility index (Phi) is 7.48. The van der Waals surface area contributed by atoms with Gasteiger partial charge in [0, 0.05) is 17.5 Å². The molecular weight excluding hydrogens is 516 g/mol. The molecule has 0 heterocycles. The average molecular weight is 539 g/mol. The summed E-state index contributed by atoms with van der Waals surface area (Å²) in [4.78, 5) is 36.2. The minimum Gasteiger partial charge on any atom is -0.478 e. The lowest BCUT2D eigenvalue weighted by atomic mass is 9.98. The summed E-state index contributed by atoms with van der Waals surface area (Å²) >= 11 is 3.28. The van der Waals surface area contributed by atoms with E-state index in [9.17, 15) is 14.4 Å². The lowest BCUT2D eigenvalue weighted by Crippen LogP contribution is -2.41. The molecule has 8 nitrogen and oxygen atoms in total. The normalized spacial score (nSPS) is 12.9. The van der Waals surface area contributed by atoms with Gasteiger partial charge in [-0.25, -0.2) is 9.59 Å². The lowest BCUT2D eigenvalue weighted by molar-refractivity contribution is -0.125. The summed E-state index contributed by atoms with van der Waals surface area (Å²) in [6, 6.07) is 20.3. The van der Waals surface area contributed by atoms with Gasteiger partial charge < -0.3 is 25.2 Å². The molecule has 0 spiro atoms. The van der Waals surface area contributed by atoms with Crippen molar-refractivity contribution in [2.24, 2.45) is 0 Å². The van der Waals surface area contributed by atoms with Crippen LogP contribution in [0.1, 0.15) is 27.4 Å². The topological polar surface area (TPSA) is 114 Å². The van der Waals surface area contributed by atoms with Crippen molar-refractivity contribution in [3.63, 3.8) is 0 Å². The highest BCUT2D eigenvalue weighted by Gasteiger charge is 2.29. The summed E-state index contributed by atoms with van der Waals surface area (Å²) in [5.74, 6) is -1.74. The third kappa shape index (κ3) is 5.36. The van der Waals surface area contributed by atoms with Crippen LogP contribution in [0.3, 0.4) is 0 Å². The van der Waals surface area contributed by atoms with Gasteiger partial charge in [-0.15, -0.1) is 0 Å². The maximum Gasteiger partial charge on any atom is 0.407 e. The second kappa shape index (κ2) is 10.7. The fraction of sp³-hybridized carbons (Fsp3) is 0.192. The first-order valence-corrected chi connectivity index (χ1v) is 11.6. The smallest absolute Gasteiger partial charge is 0.407 e. The van der Waals surface area contributed by atoms with Gasteiger partial charge in [0.1, 0.15) is 6.61 Å². The molecule has 0 fully saturated rings. The molecule has 1 aliphatic rings. The zero-order valence-electron chi connectivity index (χ0n) is 18.8. The van der Waals surface area contributed by atoms with Crippen molar-refractivity contribution in [3.8, 4) is 11.1 Å². The molecular formula is C26H23BrN2O6. The summed E-state index contributed by atoms with van der Waals surface area (Å²) in [5.41, 5.74) is 4.76. The van der Waals surface area contributed by atoms with E-state index in [1.54, 1.807) is 0 Å². The number of hydrogen-bond acceptors (Lipinski definition) is 5. The number of ether oxygens (including phenoxy) is 2. The van der Waals surface area contributed by atoms with Crippen LogP contribution >= 0.6 is 15.9 Å². The Bertz CT molecular complexity index is 1230. The summed E-state index contributed by atoms with van der Waals surface area (Å²) < 4.78 is 11.2. The van der Waals surface area contributed by atoms with Crippen molar-refractivity contribution in [2.45, 2.75) is 12.0 Å². The van der Waals surface area contributed by atoms with Gasteiger partial charge in [-0.1, -0.05) is 48.5 Å². The van der Waals surface area contributed by atoms with E-state index in [0.717, 1.165) is 22.3 Å². The number of hydrogen-bond donors (Lipinski definition) is 3. The van der Waals surface area contributed by atoms with Crippen molar-refractivity contribution in [2.75, 3.05) is 25.6 Å². The molecule has 4 rings (SSSR count). The number of carboxylic acid groups (broad SMARTS) is 1. The predicted molar refractivity (Wildman–Crippen MR) is 134 cm³/mol. The number of aromatic carboxylic acids is 1. The van der Waals surface area contributed by atoms with Crippen LogP contribution in [0.2, 0.25) is 0 Å². The highest BCUT2D eigenvalue weighted by Crippen LogP contribution is 2.44. The Morgan fingerprint density at radius 2 is 1.63 bits per heavy atom. The van der Waals surface area contributed by atoms with Crippen LogP contribution in [0.5, 0.6) is 0 Å². The summed E-state index contributed by atoms with van der Waals surface area (Å²) in [6.07, 6.45) is -1.69. The number of anilines is 1. The summed E-state index contributed by atoms with van der Waals surface area (Å²) in [7, 11) is 1.34. The van der Waals surface area contributed by atoms with Gasteiger partial charge in [-0.05, 0) is 56.4 Å². The van der Waals surface area contributed by atoms with Crippen LogP contribution in [0, 0.1) is 0 Å².